The zero-order valence-electron chi connectivity index (χ0n) is 14.3. The van der Waals surface area contributed by atoms with Gasteiger partial charge >= 0.3 is 5.97 Å². The van der Waals surface area contributed by atoms with Gasteiger partial charge in [0.25, 0.3) is 0 Å². The molecule has 2 aromatic rings. The molecule has 0 aliphatic heterocycles. The van der Waals surface area contributed by atoms with E-state index in [2.05, 4.69) is 0 Å². The van der Waals surface area contributed by atoms with Crippen LogP contribution in [0.3, 0.4) is 0 Å². The molecule has 0 saturated carbocycles. The molecule has 4 nitrogen and oxygen atoms in total. The Morgan fingerprint density at radius 2 is 1.80 bits per heavy atom. The minimum Gasteiger partial charge on any atom is -0.485 e. The van der Waals surface area contributed by atoms with E-state index in [0.29, 0.717) is 16.9 Å². The average molecular weight is 359 g/mol. The standard InChI is InChI=1S/C20H19ClO4/c1-13(11-19(21)22)16-9-10-18(17(12-16)20(23)24-3)25-14(2)15-7-5-4-6-8-15/h4-12,14H,1-3H3. The lowest BCUT2D eigenvalue weighted by Crippen LogP contribution is -2.09. The predicted molar refractivity (Wildman–Crippen MR) is 97.8 cm³/mol. The lowest BCUT2D eigenvalue weighted by atomic mass is 10.0. The molecule has 0 aromatic heterocycles. The Morgan fingerprint density at radius 1 is 1.12 bits per heavy atom. The number of benzene rings is 2. The van der Waals surface area contributed by atoms with Crippen LogP contribution in [0.2, 0.25) is 0 Å². The molecular formula is C20H19ClO4. The van der Waals surface area contributed by atoms with Crippen LogP contribution in [-0.4, -0.2) is 18.3 Å². The Bertz CT molecular complexity index is 797. The highest BCUT2D eigenvalue weighted by Crippen LogP contribution is 2.29. The second kappa shape index (κ2) is 8.49. The first-order chi connectivity index (χ1) is 11.9. The van der Waals surface area contributed by atoms with Crippen molar-refractivity contribution >= 4 is 28.4 Å². The molecule has 1 unspecified atom stereocenters. The van der Waals surface area contributed by atoms with E-state index in [1.807, 2.05) is 37.3 Å². The third-order valence-corrected chi connectivity index (χ3v) is 3.85. The smallest absolute Gasteiger partial charge is 0.341 e. The molecule has 0 N–H and O–H groups in total. The fourth-order valence-electron chi connectivity index (χ4n) is 2.38. The number of allylic oxidation sites excluding steroid dienone is 2. The van der Waals surface area contributed by atoms with Crippen LogP contribution >= 0.6 is 11.6 Å². The fraction of sp³-hybridized carbons (Fsp3) is 0.200. The normalized spacial score (nSPS) is 12.4. The van der Waals surface area contributed by atoms with Crippen LogP contribution in [-0.2, 0) is 9.53 Å². The Hall–Kier alpha value is -2.59. The van der Waals surface area contributed by atoms with E-state index in [1.165, 1.54) is 13.2 Å². The van der Waals surface area contributed by atoms with E-state index in [1.54, 1.807) is 25.1 Å². The van der Waals surface area contributed by atoms with Crippen molar-refractivity contribution in [3.8, 4) is 5.75 Å². The lowest BCUT2D eigenvalue weighted by Gasteiger charge is -2.18. The summed E-state index contributed by atoms with van der Waals surface area (Å²) in [7, 11) is 1.31. The first kappa shape index (κ1) is 18.7. The topological polar surface area (TPSA) is 52.6 Å². The van der Waals surface area contributed by atoms with Crippen LogP contribution in [0.15, 0.2) is 54.6 Å². The highest BCUT2D eigenvalue weighted by Gasteiger charge is 2.17. The van der Waals surface area contributed by atoms with Crippen molar-refractivity contribution in [2.24, 2.45) is 0 Å². The molecule has 0 amide bonds. The molecule has 130 valence electrons. The molecule has 1 atom stereocenters. The second-order valence-corrected chi connectivity index (χ2v) is 5.88. The summed E-state index contributed by atoms with van der Waals surface area (Å²) in [6.07, 6.45) is 1.06. The molecule has 0 heterocycles. The summed E-state index contributed by atoms with van der Waals surface area (Å²) in [4.78, 5) is 23.2. The molecule has 2 rings (SSSR count). The summed E-state index contributed by atoms with van der Waals surface area (Å²) < 4.78 is 10.8. The van der Waals surface area contributed by atoms with Gasteiger partial charge in [0.15, 0.2) is 0 Å². The molecule has 5 heteroatoms. The summed E-state index contributed by atoms with van der Waals surface area (Å²) in [5.74, 6) is -0.0981. The van der Waals surface area contributed by atoms with Crippen LogP contribution in [0.25, 0.3) is 5.57 Å². The van der Waals surface area contributed by atoms with Gasteiger partial charge in [0, 0.05) is 6.08 Å². The molecule has 0 aliphatic rings. The molecule has 0 bridgehead atoms. The maximum atomic E-state index is 12.1. The Kier molecular flexibility index (Phi) is 6.37. The van der Waals surface area contributed by atoms with E-state index < -0.39 is 11.2 Å². The SMILES string of the molecule is COC(=O)c1cc(C(C)=CC(=O)Cl)ccc1OC(C)c1ccccc1. The van der Waals surface area contributed by atoms with Crippen molar-refractivity contribution in [3.63, 3.8) is 0 Å². The minimum absolute atomic E-state index is 0.239. The van der Waals surface area contributed by atoms with E-state index in [-0.39, 0.29) is 11.7 Å². The molecule has 25 heavy (non-hydrogen) atoms. The number of carbonyl (C=O) groups excluding carboxylic acids is 2. The van der Waals surface area contributed by atoms with Gasteiger partial charge in [-0.25, -0.2) is 4.79 Å². The number of hydrogen-bond acceptors (Lipinski definition) is 4. The average Bonchev–Trinajstić information content (AvgIpc) is 2.61. The number of rotatable bonds is 6. The number of ether oxygens (including phenoxy) is 2. The Morgan fingerprint density at radius 3 is 2.40 bits per heavy atom. The van der Waals surface area contributed by atoms with Crippen molar-refractivity contribution in [1.82, 2.24) is 0 Å². The van der Waals surface area contributed by atoms with Crippen LogP contribution in [0.4, 0.5) is 0 Å². The molecule has 0 spiro atoms. The summed E-state index contributed by atoms with van der Waals surface area (Å²) >= 11 is 5.39. The molecular weight excluding hydrogens is 340 g/mol. The van der Waals surface area contributed by atoms with E-state index in [4.69, 9.17) is 21.1 Å². The number of halogens is 1. The van der Waals surface area contributed by atoms with Gasteiger partial charge in [-0.2, -0.15) is 0 Å². The lowest BCUT2D eigenvalue weighted by molar-refractivity contribution is -0.107. The third kappa shape index (κ3) is 4.94. The summed E-state index contributed by atoms with van der Waals surface area (Å²) in [6.45, 7) is 3.64. The van der Waals surface area contributed by atoms with Crippen molar-refractivity contribution in [3.05, 3.63) is 71.3 Å². The molecule has 0 aliphatic carbocycles. The summed E-state index contributed by atoms with van der Waals surface area (Å²) in [5.41, 5.74) is 2.62. The van der Waals surface area contributed by atoms with Gasteiger partial charge in [0.2, 0.25) is 5.24 Å². The summed E-state index contributed by atoms with van der Waals surface area (Å²) in [6, 6.07) is 14.8. The van der Waals surface area contributed by atoms with Crippen molar-refractivity contribution in [1.29, 1.82) is 0 Å². The van der Waals surface area contributed by atoms with E-state index in [0.717, 1.165) is 5.56 Å². The Labute approximate surface area is 152 Å². The predicted octanol–water partition coefficient (Wildman–Crippen LogP) is 4.78. The van der Waals surface area contributed by atoms with Gasteiger partial charge in [-0.05, 0) is 54.3 Å². The van der Waals surface area contributed by atoms with Crippen LogP contribution in [0, 0.1) is 0 Å². The molecule has 2 aromatic carbocycles. The molecule has 0 saturated heterocycles. The summed E-state index contributed by atoms with van der Waals surface area (Å²) in [5, 5.41) is -0.574. The van der Waals surface area contributed by atoms with Gasteiger partial charge in [-0.3, -0.25) is 4.79 Å². The van der Waals surface area contributed by atoms with Crippen LogP contribution in [0.5, 0.6) is 5.75 Å². The zero-order chi connectivity index (χ0) is 18.4. The minimum atomic E-state index is -0.574. The first-order valence-corrected chi connectivity index (χ1v) is 8.12. The Balaban J connectivity index is 2.37. The maximum Gasteiger partial charge on any atom is 0.341 e. The third-order valence-electron chi connectivity index (χ3n) is 3.74. The number of esters is 1. The monoisotopic (exact) mass is 358 g/mol. The van der Waals surface area contributed by atoms with E-state index in [9.17, 15) is 9.59 Å². The molecule has 0 fully saturated rings. The number of carbonyl (C=O) groups is 2. The highest BCUT2D eigenvalue weighted by molar-refractivity contribution is 6.67. The van der Waals surface area contributed by atoms with Gasteiger partial charge in [-0.1, -0.05) is 36.4 Å². The fourth-order valence-corrected chi connectivity index (χ4v) is 2.55. The van der Waals surface area contributed by atoms with Crippen molar-refractivity contribution in [2.75, 3.05) is 7.11 Å². The van der Waals surface area contributed by atoms with Crippen molar-refractivity contribution in [2.45, 2.75) is 20.0 Å². The van der Waals surface area contributed by atoms with E-state index >= 15 is 0 Å². The zero-order valence-corrected chi connectivity index (χ0v) is 15.0. The maximum absolute atomic E-state index is 12.1. The van der Waals surface area contributed by atoms with Gasteiger partial charge in [0.1, 0.15) is 17.4 Å². The van der Waals surface area contributed by atoms with Crippen LogP contribution < -0.4 is 4.74 Å². The quantitative estimate of drug-likeness (QED) is 0.423. The van der Waals surface area contributed by atoms with Gasteiger partial charge in [-0.15, -0.1) is 0 Å². The molecule has 0 radical (unpaired) electrons. The number of methoxy groups -OCH3 is 1. The first-order valence-electron chi connectivity index (χ1n) is 7.74. The van der Waals surface area contributed by atoms with Gasteiger partial charge < -0.3 is 9.47 Å². The van der Waals surface area contributed by atoms with Crippen LogP contribution in [0.1, 0.15) is 41.4 Å². The second-order valence-electron chi connectivity index (χ2n) is 5.50. The number of hydrogen-bond donors (Lipinski definition) is 0. The highest BCUT2D eigenvalue weighted by atomic mass is 35.5. The van der Waals surface area contributed by atoms with Crippen molar-refractivity contribution < 1.29 is 19.1 Å². The van der Waals surface area contributed by atoms with Gasteiger partial charge in [0.05, 0.1) is 7.11 Å². The largest absolute Gasteiger partial charge is 0.485 e.